The molecule has 2 aromatic rings. The number of nitrogens with one attached hydrogen (secondary N) is 1. The molecule has 1 unspecified atom stereocenters. The van der Waals surface area contributed by atoms with Crippen LogP contribution in [0.5, 0.6) is 17.4 Å². The molecule has 128 valence electrons. The lowest BCUT2D eigenvalue weighted by molar-refractivity contribution is -0.385. The molecule has 0 fully saturated rings. The Hall–Kier alpha value is -2.94. The van der Waals surface area contributed by atoms with Crippen molar-refractivity contribution in [1.82, 2.24) is 9.97 Å². The van der Waals surface area contributed by atoms with Gasteiger partial charge in [0.1, 0.15) is 17.8 Å². The zero-order valence-electron chi connectivity index (χ0n) is 13.6. The molecule has 9 nitrogen and oxygen atoms in total. The number of methoxy groups -OCH3 is 2. The van der Waals surface area contributed by atoms with Crippen LogP contribution in [0.25, 0.3) is 0 Å². The Kier molecular flexibility index (Phi) is 5.85. The zero-order chi connectivity index (χ0) is 17.5. The maximum absolute atomic E-state index is 11.4. The van der Waals surface area contributed by atoms with Gasteiger partial charge in [-0.3, -0.25) is 10.1 Å². The van der Waals surface area contributed by atoms with Gasteiger partial charge in [0.05, 0.1) is 18.6 Å². The monoisotopic (exact) mass is 334 g/mol. The van der Waals surface area contributed by atoms with Crippen LogP contribution < -0.4 is 14.8 Å². The predicted octanol–water partition coefficient (Wildman–Crippen LogP) is 2.63. The van der Waals surface area contributed by atoms with Gasteiger partial charge in [0.25, 0.3) is 0 Å². The average molecular weight is 334 g/mol. The van der Waals surface area contributed by atoms with Gasteiger partial charge in [-0.2, -0.15) is 4.98 Å². The van der Waals surface area contributed by atoms with Crippen molar-refractivity contribution in [3.05, 3.63) is 40.7 Å². The molecule has 9 heteroatoms. The van der Waals surface area contributed by atoms with Gasteiger partial charge in [0.15, 0.2) is 0 Å². The maximum Gasteiger partial charge on any atom is 0.373 e. The highest BCUT2D eigenvalue weighted by atomic mass is 16.6. The molecular formula is C15H18N4O5. The Morgan fingerprint density at radius 3 is 2.46 bits per heavy atom. The second-order valence-corrected chi connectivity index (χ2v) is 4.91. The summed E-state index contributed by atoms with van der Waals surface area (Å²) in [6.45, 7) is 2.19. The van der Waals surface area contributed by atoms with Gasteiger partial charge in [0, 0.05) is 13.2 Å². The number of nitrogens with zero attached hydrogens (tertiary/aromatic N) is 3. The van der Waals surface area contributed by atoms with Gasteiger partial charge >= 0.3 is 11.6 Å². The quantitative estimate of drug-likeness (QED) is 0.579. The minimum absolute atomic E-state index is 0.0723. The summed E-state index contributed by atoms with van der Waals surface area (Å²) < 4.78 is 15.6. The molecule has 0 aliphatic carbocycles. The fourth-order valence-electron chi connectivity index (χ4n) is 1.99. The van der Waals surface area contributed by atoms with Crippen molar-refractivity contribution in [1.29, 1.82) is 0 Å². The van der Waals surface area contributed by atoms with E-state index in [4.69, 9.17) is 14.2 Å². The third-order valence-electron chi connectivity index (χ3n) is 3.05. The van der Waals surface area contributed by atoms with E-state index < -0.39 is 4.92 Å². The van der Waals surface area contributed by atoms with Crippen molar-refractivity contribution < 1.29 is 19.1 Å². The van der Waals surface area contributed by atoms with E-state index in [1.54, 1.807) is 38.5 Å². The van der Waals surface area contributed by atoms with Crippen LogP contribution >= 0.6 is 0 Å². The topological polar surface area (TPSA) is 109 Å². The summed E-state index contributed by atoms with van der Waals surface area (Å²) in [5, 5.41) is 14.3. The first-order valence-electron chi connectivity index (χ1n) is 7.12. The minimum atomic E-state index is -0.583. The molecule has 1 heterocycles. The summed E-state index contributed by atoms with van der Waals surface area (Å²) in [5.41, 5.74) is -0.337. The molecule has 1 N–H and O–H groups in total. The molecule has 0 spiro atoms. The molecule has 0 saturated carbocycles. The van der Waals surface area contributed by atoms with Crippen molar-refractivity contribution in [3.63, 3.8) is 0 Å². The van der Waals surface area contributed by atoms with E-state index in [9.17, 15) is 10.1 Å². The van der Waals surface area contributed by atoms with Gasteiger partial charge in [-0.25, -0.2) is 4.98 Å². The highest BCUT2D eigenvalue weighted by molar-refractivity contribution is 5.62. The van der Waals surface area contributed by atoms with Gasteiger partial charge in [0.2, 0.25) is 5.82 Å². The van der Waals surface area contributed by atoms with Crippen molar-refractivity contribution in [3.8, 4) is 17.4 Å². The van der Waals surface area contributed by atoms with Gasteiger partial charge in [-0.1, -0.05) is 0 Å². The van der Waals surface area contributed by atoms with Crippen LogP contribution in [0.1, 0.15) is 6.92 Å². The number of nitro groups is 1. The highest BCUT2D eigenvalue weighted by Gasteiger charge is 2.26. The Morgan fingerprint density at radius 2 is 1.88 bits per heavy atom. The first-order chi connectivity index (χ1) is 11.5. The van der Waals surface area contributed by atoms with Gasteiger partial charge in [-0.05, 0) is 31.2 Å². The van der Waals surface area contributed by atoms with Crippen molar-refractivity contribution in [2.75, 3.05) is 26.1 Å². The fourth-order valence-corrected chi connectivity index (χ4v) is 1.99. The molecule has 1 aromatic carbocycles. The molecule has 24 heavy (non-hydrogen) atoms. The molecule has 0 bridgehead atoms. The van der Waals surface area contributed by atoms with E-state index in [1.807, 2.05) is 6.92 Å². The van der Waals surface area contributed by atoms with Gasteiger partial charge in [-0.15, -0.1) is 0 Å². The van der Waals surface area contributed by atoms with E-state index in [2.05, 4.69) is 15.3 Å². The molecule has 1 aromatic heterocycles. The Bertz CT molecular complexity index is 693. The summed E-state index contributed by atoms with van der Waals surface area (Å²) in [4.78, 5) is 18.7. The second kappa shape index (κ2) is 8.06. The lowest BCUT2D eigenvalue weighted by atomic mass is 10.3. The van der Waals surface area contributed by atoms with Crippen LogP contribution in [0.4, 0.5) is 11.5 Å². The van der Waals surface area contributed by atoms with E-state index in [1.165, 1.54) is 6.33 Å². The lowest BCUT2D eigenvalue weighted by Gasteiger charge is -2.14. The summed E-state index contributed by atoms with van der Waals surface area (Å²) in [5.74, 6) is 0.971. The summed E-state index contributed by atoms with van der Waals surface area (Å²) in [6.07, 6.45) is 1.20. The number of hydrogen-bond acceptors (Lipinski definition) is 8. The minimum Gasteiger partial charge on any atom is -0.497 e. The first kappa shape index (κ1) is 17.4. The Morgan fingerprint density at radius 1 is 1.21 bits per heavy atom. The second-order valence-electron chi connectivity index (χ2n) is 4.91. The summed E-state index contributed by atoms with van der Waals surface area (Å²) in [6, 6.07) is 6.46. The summed E-state index contributed by atoms with van der Waals surface area (Å²) in [7, 11) is 3.09. The van der Waals surface area contributed by atoms with Crippen LogP contribution in [-0.2, 0) is 4.74 Å². The smallest absolute Gasteiger partial charge is 0.373 e. The standard InChI is InChI=1S/C15H18N4O5/c1-10(8-22-2)18-14-13(19(20)21)15(17-9-16-14)24-12-6-4-11(23-3)5-7-12/h4-7,9-10H,8H2,1-3H3,(H,16,17,18). The van der Waals surface area contributed by atoms with Crippen LogP contribution in [-0.4, -0.2) is 41.8 Å². The Balaban J connectivity index is 2.29. The molecule has 0 aliphatic heterocycles. The molecule has 0 aliphatic rings. The number of aromatic nitrogens is 2. The first-order valence-corrected chi connectivity index (χ1v) is 7.12. The largest absolute Gasteiger partial charge is 0.497 e. The average Bonchev–Trinajstić information content (AvgIpc) is 2.55. The number of benzene rings is 1. The lowest BCUT2D eigenvalue weighted by Crippen LogP contribution is -2.22. The van der Waals surface area contributed by atoms with Gasteiger partial charge < -0.3 is 19.5 Å². The molecule has 2 rings (SSSR count). The van der Waals surface area contributed by atoms with Crippen molar-refractivity contribution in [2.24, 2.45) is 0 Å². The van der Waals surface area contributed by atoms with Crippen LogP contribution in [0.15, 0.2) is 30.6 Å². The summed E-state index contributed by atoms with van der Waals surface area (Å²) >= 11 is 0. The van der Waals surface area contributed by atoms with Crippen molar-refractivity contribution >= 4 is 11.5 Å². The van der Waals surface area contributed by atoms with Crippen LogP contribution in [0, 0.1) is 10.1 Å². The van der Waals surface area contributed by atoms with Crippen LogP contribution in [0.3, 0.4) is 0 Å². The van der Waals surface area contributed by atoms with E-state index >= 15 is 0 Å². The third kappa shape index (κ3) is 4.29. The predicted molar refractivity (Wildman–Crippen MR) is 86.7 cm³/mol. The molecule has 0 saturated heterocycles. The number of rotatable bonds is 8. The molecule has 1 atom stereocenters. The molecule has 0 radical (unpaired) electrons. The number of ether oxygens (including phenoxy) is 3. The molecular weight excluding hydrogens is 316 g/mol. The normalized spacial score (nSPS) is 11.6. The number of anilines is 1. The van der Waals surface area contributed by atoms with E-state index in [-0.39, 0.29) is 23.4 Å². The fraction of sp³-hybridized carbons (Fsp3) is 0.333. The number of hydrogen-bond donors (Lipinski definition) is 1. The van der Waals surface area contributed by atoms with Crippen molar-refractivity contribution in [2.45, 2.75) is 13.0 Å². The van der Waals surface area contributed by atoms with E-state index in [0.29, 0.717) is 18.1 Å². The molecule has 0 amide bonds. The Labute approximate surface area is 138 Å². The highest BCUT2D eigenvalue weighted by Crippen LogP contribution is 2.34. The van der Waals surface area contributed by atoms with E-state index in [0.717, 1.165) is 0 Å². The SMILES string of the molecule is COCC(C)Nc1ncnc(Oc2ccc(OC)cc2)c1[N+](=O)[O-]. The maximum atomic E-state index is 11.4. The van der Waals surface area contributed by atoms with Crippen LogP contribution in [0.2, 0.25) is 0 Å². The zero-order valence-corrected chi connectivity index (χ0v) is 13.6. The third-order valence-corrected chi connectivity index (χ3v) is 3.05.